The van der Waals surface area contributed by atoms with E-state index in [0.717, 1.165) is 35.0 Å². The summed E-state index contributed by atoms with van der Waals surface area (Å²) in [5, 5.41) is 8.92. The SMILES string of the molecule is c1cc2c(N[C@@H]3CN4CCC3CC4)noc2cc1OC1CC1. The molecule has 116 valence electrons. The Morgan fingerprint density at radius 1 is 1.18 bits per heavy atom. The molecule has 5 nitrogen and oxygen atoms in total. The summed E-state index contributed by atoms with van der Waals surface area (Å²) in [6.07, 6.45) is 5.34. The lowest BCUT2D eigenvalue weighted by Gasteiger charge is -2.44. The largest absolute Gasteiger partial charge is 0.490 e. The van der Waals surface area contributed by atoms with Crippen LogP contribution in [0.15, 0.2) is 22.7 Å². The first-order chi connectivity index (χ1) is 10.8. The monoisotopic (exact) mass is 299 g/mol. The molecule has 5 heteroatoms. The van der Waals surface area contributed by atoms with Gasteiger partial charge < -0.3 is 19.5 Å². The van der Waals surface area contributed by atoms with Gasteiger partial charge in [0.25, 0.3) is 0 Å². The van der Waals surface area contributed by atoms with Crippen LogP contribution in [0.3, 0.4) is 0 Å². The lowest BCUT2D eigenvalue weighted by atomic mass is 9.84. The molecule has 0 radical (unpaired) electrons. The third-order valence-electron chi connectivity index (χ3n) is 5.25. The summed E-state index contributed by atoms with van der Waals surface area (Å²) < 4.78 is 11.3. The van der Waals surface area contributed by atoms with Gasteiger partial charge in [0.1, 0.15) is 5.75 Å². The Hall–Kier alpha value is -1.75. The lowest BCUT2D eigenvalue weighted by molar-refractivity contribution is 0.0973. The standard InChI is InChI=1S/C17H21N3O2/c1-2-12(1)21-13-3-4-14-16(9-13)22-19-17(14)18-15-10-20-7-5-11(15)6-8-20/h3-4,9,11-12,15H,1-2,5-8,10H2,(H,18,19)/t15-/m1/s1. The van der Waals surface area contributed by atoms with Crippen molar-refractivity contribution in [3.05, 3.63) is 18.2 Å². The highest BCUT2D eigenvalue weighted by Gasteiger charge is 2.34. The highest BCUT2D eigenvalue weighted by molar-refractivity contribution is 5.89. The second-order valence-electron chi connectivity index (χ2n) is 6.90. The van der Waals surface area contributed by atoms with Gasteiger partial charge in [0.15, 0.2) is 11.4 Å². The zero-order valence-electron chi connectivity index (χ0n) is 12.6. The van der Waals surface area contributed by atoms with Crippen LogP contribution in [-0.4, -0.2) is 41.8 Å². The summed E-state index contributed by atoms with van der Waals surface area (Å²) in [6.45, 7) is 3.64. The maximum atomic E-state index is 5.82. The van der Waals surface area contributed by atoms with Gasteiger partial charge in [-0.05, 0) is 56.8 Å². The smallest absolute Gasteiger partial charge is 0.177 e. The molecule has 4 heterocycles. The van der Waals surface area contributed by atoms with E-state index in [2.05, 4.69) is 21.4 Å². The van der Waals surface area contributed by atoms with Gasteiger partial charge in [-0.1, -0.05) is 5.16 Å². The number of aromatic nitrogens is 1. The predicted octanol–water partition coefficient (Wildman–Crippen LogP) is 2.88. The Labute approximate surface area is 129 Å². The molecule has 1 saturated carbocycles. The van der Waals surface area contributed by atoms with Crippen LogP contribution < -0.4 is 10.1 Å². The fraction of sp³-hybridized carbons (Fsp3) is 0.588. The molecule has 0 unspecified atom stereocenters. The fourth-order valence-corrected chi connectivity index (χ4v) is 3.78. The molecule has 4 fully saturated rings. The van der Waals surface area contributed by atoms with Gasteiger partial charge in [-0.25, -0.2) is 0 Å². The third kappa shape index (κ3) is 2.24. The van der Waals surface area contributed by atoms with Crippen LogP contribution in [0.4, 0.5) is 5.82 Å². The number of nitrogens with one attached hydrogen (secondary N) is 1. The molecule has 1 aromatic carbocycles. The molecule has 22 heavy (non-hydrogen) atoms. The van der Waals surface area contributed by atoms with Gasteiger partial charge in [-0.15, -0.1) is 0 Å². The summed E-state index contributed by atoms with van der Waals surface area (Å²) in [5.74, 6) is 2.54. The number of hydrogen-bond donors (Lipinski definition) is 1. The minimum absolute atomic E-state index is 0.407. The van der Waals surface area contributed by atoms with Crippen molar-refractivity contribution in [2.24, 2.45) is 5.92 Å². The molecule has 3 saturated heterocycles. The molecule has 1 aromatic heterocycles. The first kappa shape index (κ1) is 12.8. The van der Waals surface area contributed by atoms with Crippen LogP contribution in [0.5, 0.6) is 5.75 Å². The Kier molecular flexibility index (Phi) is 2.83. The Bertz CT molecular complexity index is 686. The van der Waals surface area contributed by atoms with Crippen molar-refractivity contribution in [1.29, 1.82) is 0 Å². The predicted molar refractivity (Wildman–Crippen MR) is 84.2 cm³/mol. The number of ether oxygens (including phenoxy) is 1. The van der Waals surface area contributed by atoms with Crippen molar-refractivity contribution in [1.82, 2.24) is 10.1 Å². The van der Waals surface area contributed by atoms with E-state index < -0.39 is 0 Å². The number of rotatable bonds is 4. The van der Waals surface area contributed by atoms with Gasteiger partial charge in [0.05, 0.1) is 11.5 Å². The molecule has 2 bridgehead atoms. The molecule has 1 N–H and O–H groups in total. The van der Waals surface area contributed by atoms with Crippen molar-refractivity contribution >= 4 is 16.8 Å². The average Bonchev–Trinajstić information content (AvgIpc) is 3.29. The van der Waals surface area contributed by atoms with E-state index in [1.54, 1.807) is 0 Å². The van der Waals surface area contributed by atoms with E-state index in [1.165, 1.54) is 38.8 Å². The number of fused-ring (bicyclic) bond motifs is 4. The number of nitrogens with zero attached hydrogens (tertiary/aromatic N) is 2. The van der Waals surface area contributed by atoms with Crippen molar-refractivity contribution in [3.63, 3.8) is 0 Å². The summed E-state index contributed by atoms with van der Waals surface area (Å²) in [7, 11) is 0. The van der Waals surface area contributed by atoms with Crippen molar-refractivity contribution in [2.75, 3.05) is 25.0 Å². The summed E-state index contributed by atoms with van der Waals surface area (Å²) in [6, 6.07) is 6.55. The van der Waals surface area contributed by atoms with Gasteiger partial charge in [0.2, 0.25) is 0 Å². The minimum atomic E-state index is 0.407. The van der Waals surface area contributed by atoms with Gasteiger partial charge in [0, 0.05) is 18.7 Å². The first-order valence-corrected chi connectivity index (χ1v) is 8.40. The van der Waals surface area contributed by atoms with Gasteiger partial charge in [-0.2, -0.15) is 0 Å². The normalized spacial score (nSPS) is 30.6. The Morgan fingerprint density at radius 3 is 2.77 bits per heavy atom. The fourth-order valence-electron chi connectivity index (χ4n) is 3.78. The number of hydrogen-bond acceptors (Lipinski definition) is 5. The molecule has 4 aliphatic rings. The van der Waals surface area contributed by atoms with Crippen molar-refractivity contribution < 1.29 is 9.26 Å². The first-order valence-electron chi connectivity index (χ1n) is 8.40. The van der Waals surface area contributed by atoms with Crippen LogP contribution >= 0.6 is 0 Å². The van der Waals surface area contributed by atoms with E-state index in [9.17, 15) is 0 Å². The molecule has 6 rings (SSSR count). The van der Waals surface area contributed by atoms with Gasteiger partial charge in [-0.3, -0.25) is 0 Å². The van der Waals surface area contributed by atoms with E-state index in [-0.39, 0.29) is 0 Å². The topological polar surface area (TPSA) is 50.5 Å². The van der Waals surface area contributed by atoms with Crippen LogP contribution in [0, 0.1) is 5.92 Å². The summed E-state index contributed by atoms with van der Waals surface area (Å²) in [5.41, 5.74) is 0.807. The quantitative estimate of drug-likeness (QED) is 0.941. The number of anilines is 1. The summed E-state index contributed by atoms with van der Waals surface area (Å²) >= 11 is 0. The summed E-state index contributed by atoms with van der Waals surface area (Å²) in [4.78, 5) is 2.54. The van der Waals surface area contributed by atoms with Crippen molar-refractivity contribution in [3.8, 4) is 5.75 Å². The third-order valence-corrected chi connectivity index (χ3v) is 5.25. The lowest BCUT2D eigenvalue weighted by Crippen LogP contribution is -2.53. The van der Waals surface area contributed by atoms with E-state index in [4.69, 9.17) is 9.26 Å². The van der Waals surface area contributed by atoms with E-state index >= 15 is 0 Å². The average molecular weight is 299 g/mol. The highest BCUT2D eigenvalue weighted by Crippen LogP contribution is 2.34. The number of benzene rings is 1. The minimum Gasteiger partial charge on any atom is -0.490 e. The Balaban J connectivity index is 1.37. The van der Waals surface area contributed by atoms with Crippen molar-refractivity contribution in [2.45, 2.75) is 37.8 Å². The number of piperidine rings is 3. The zero-order valence-corrected chi connectivity index (χ0v) is 12.6. The maximum Gasteiger partial charge on any atom is 0.177 e. The molecule has 1 atom stereocenters. The van der Waals surface area contributed by atoms with E-state index in [0.29, 0.717) is 12.1 Å². The van der Waals surface area contributed by atoms with Crippen LogP contribution in [0.2, 0.25) is 0 Å². The second-order valence-corrected chi connectivity index (χ2v) is 6.90. The molecule has 0 spiro atoms. The zero-order chi connectivity index (χ0) is 14.5. The van der Waals surface area contributed by atoms with Gasteiger partial charge >= 0.3 is 0 Å². The molecular weight excluding hydrogens is 278 g/mol. The molecule has 2 aromatic rings. The van der Waals surface area contributed by atoms with Crippen LogP contribution in [-0.2, 0) is 0 Å². The maximum absolute atomic E-state index is 5.82. The molecule has 3 aliphatic heterocycles. The van der Waals surface area contributed by atoms with E-state index in [1.807, 2.05) is 12.1 Å². The molecule has 1 aliphatic carbocycles. The van der Waals surface area contributed by atoms with Crippen LogP contribution in [0.25, 0.3) is 11.0 Å². The molecule has 0 amide bonds. The van der Waals surface area contributed by atoms with Crippen LogP contribution in [0.1, 0.15) is 25.7 Å². The Morgan fingerprint density at radius 2 is 2.05 bits per heavy atom. The highest BCUT2D eigenvalue weighted by atomic mass is 16.5. The molecular formula is C17H21N3O2. The second kappa shape index (κ2) is 4.88.